The van der Waals surface area contributed by atoms with Gasteiger partial charge in [-0.05, 0) is 23.8 Å². The second-order valence-corrected chi connectivity index (χ2v) is 4.94. The average Bonchev–Trinajstić information content (AvgIpc) is 2.50. The molecule has 0 fully saturated rings. The van der Waals surface area contributed by atoms with Crippen molar-refractivity contribution in [2.24, 2.45) is 5.92 Å². The molecular weight excluding hydrogens is 270 g/mol. The number of ether oxygens (including phenoxy) is 3. The highest BCUT2D eigenvalue weighted by atomic mass is 16.6. The molecule has 5 nitrogen and oxygen atoms in total. The summed E-state index contributed by atoms with van der Waals surface area (Å²) in [5.41, 5.74) is 0.783. The van der Waals surface area contributed by atoms with Gasteiger partial charge in [0.25, 0.3) is 0 Å². The molecule has 0 saturated heterocycles. The molecule has 0 N–H and O–H groups in total. The van der Waals surface area contributed by atoms with Crippen LogP contribution in [0.4, 0.5) is 0 Å². The monoisotopic (exact) mass is 287 g/mol. The van der Waals surface area contributed by atoms with Gasteiger partial charge in [0.05, 0.1) is 12.7 Å². The minimum absolute atomic E-state index is 0.115. The number of methoxy groups -OCH3 is 1. The SMILES string of the molecule is COc1cc(C=C(C#N)C(=O)C(C)C)cc2c1OCCO2. The Bertz CT molecular complexity index is 609. The Morgan fingerprint density at radius 1 is 1.38 bits per heavy atom. The number of nitrogens with zero attached hydrogens (tertiary/aromatic N) is 1. The third-order valence-corrected chi connectivity index (χ3v) is 3.07. The summed E-state index contributed by atoms with van der Waals surface area (Å²) in [6, 6.07) is 5.41. The topological polar surface area (TPSA) is 68.5 Å². The van der Waals surface area contributed by atoms with Crippen LogP contribution in [-0.4, -0.2) is 26.1 Å². The summed E-state index contributed by atoms with van der Waals surface area (Å²) in [6.45, 7) is 4.45. The number of rotatable bonds is 4. The number of hydrogen-bond acceptors (Lipinski definition) is 5. The first-order chi connectivity index (χ1) is 10.1. The summed E-state index contributed by atoms with van der Waals surface area (Å²) in [4.78, 5) is 11.9. The third kappa shape index (κ3) is 3.16. The van der Waals surface area contributed by atoms with Crippen LogP contribution in [-0.2, 0) is 4.79 Å². The standard InChI is InChI=1S/C16H17NO4/c1-10(2)15(18)12(9-17)6-11-7-13(19-3)16-14(8-11)20-4-5-21-16/h6-8,10H,4-5H2,1-3H3. The Kier molecular flexibility index (Phi) is 4.49. The highest BCUT2D eigenvalue weighted by Crippen LogP contribution is 2.40. The number of ketones is 1. The number of carbonyl (C=O) groups is 1. The van der Waals surface area contributed by atoms with Crippen LogP contribution in [0, 0.1) is 17.2 Å². The number of fused-ring (bicyclic) bond motifs is 1. The number of Topliss-reactive ketones (excluding diaryl/α,β-unsaturated/α-hetero) is 1. The quantitative estimate of drug-likeness (QED) is 0.629. The highest BCUT2D eigenvalue weighted by Gasteiger charge is 2.19. The Morgan fingerprint density at radius 2 is 2.10 bits per heavy atom. The molecule has 0 spiro atoms. The van der Waals surface area contributed by atoms with E-state index in [0.717, 1.165) is 0 Å². The molecule has 1 aromatic rings. The molecule has 1 aliphatic heterocycles. The molecule has 0 aliphatic carbocycles. The second-order valence-electron chi connectivity index (χ2n) is 4.94. The van der Waals surface area contributed by atoms with Gasteiger partial charge in [0, 0.05) is 5.92 Å². The van der Waals surface area contributed by atoms with E-state index in [0.29, 0.717) is 36.0 Å². The Hall–Kier alpha value is -2.48. The zero-order chi connectivity index (χ0) is 15.4. The van der Waals surface area contributed by atoms with E-state index in [2.05, 4.69) is 0 Å². The van der Waals surface area contributed by atoms with Crippen molar-refractivity contribution >= 4 is 11.9 Å². The molecule has 5 heteroatoms. The normalized spacial score (nSPS) is 13.8. The summed E-state index contributed by atoms with van der Waals surface area (Å²) in [7, 11) is 1.53. The van der Waals surface area contributed by atoms with Crippen LogP contribution in [0.25, 0.3) is 6.08 Å². The van der Waals surface area contributed by atoms with Crippen LogP contribution in [0.5, 0.6) is 17.2 Å². The van der Waals surface area contributed by atoms with E-state index in [-0.39, 0.29) is 17.3 Å². The summed E-state index contributed by atoms with van der Waals surface area (Å²) in [5.74, 6) is 1.21. The lowest BCUT2D eigenvalue weighted by atomic mass is 9.99. The molecule has 0 aromatic heterocycles. The van der Waals surface area contributed by atoms with Gasteiger partial charge in [-0.15, -0.1) is 0 Å². The van der Waals surface area contributed by atoms with Crippen LogP contribution in [0.2, 0.25) is 0 Å². The first-order valence-corrected chi connectivity index (χ1v) is 6.70. The molecule has 1 aromatic carbocycles. The summed E-state index contributed by atoms with van der Waals surface area (Å²) in [5, 5.41) is 9.15. The molecule has 1 aliphatic rings. The van der Waals surface area contributed by atoms with Gasteiger partial charge in [-0.3, -0.25) is 4.79 Å². The van der Waals surface area contributed by atoms with Crippen LogP contribution in [0.3, 0.4) is 0 Å². The van der Waals surface area contributed by atoms with Crippen LogP contribution in [0.15, 0.2) is 17.7 Å². The van der Waals surface area contributed by atoms with Crippen molar-refractivity contribution in [2.45, 2.75) is 13.8 Å². The fourth-order valence-corrected chi connectivity index (χ4v) is 2.01. The van der Waals surface area contributed by atoms with Crippen molar-refractivity contribution in [1.82, 2.24) is 0 Å². The Labute approximate surface area is 123 Å². The Morgan fingerprint density at radius 3 is 2.71 bits per heavy atom. The summed E-state index contributed by atoms with van der Waals surface area (Å²) >= 11 is 0. The fraction of sp³-hybridized carbons (Fsp3) is 0.375. The smallest absolute Gasteiger partial charge is 0.203 e. The van der Waals surface area contributed by atoms with Crippen molar-refractivity contribution < 1.29 is 19.0 Å². The molecule has 0 amide bonds. The molecule has 2 rings (SSSR count). The largest absolute Gasteiger partial charge is 0.493 e. The Balaban J connectivity index is 2.45. The van der Waals surface area contributed by atoms with Crippen LogP contribution >= 0.6 is 0 Å². The maximum absolute atomic E-state index is 11.9. The predicted octanol–water partition coefficient (Wildman–Crippen LogP) is 2.60. The van der Waals surface area contributed by atoms with Crippen LogP contribution in [0.1, 0.15) is 19.4 Å². The maximum Gasteiger partial charge on any atom is 0.203 e. The highest BCUT2D eigenvalue weighted by molar-refractivity contribution is 6.04. The molecule has 1 heterocycles. The molecule has 0 radical (unpaired) electrons. The number of allylic oxidation sites excluding steroid dienone is 1. The fourth-order valence-electron chi connectivity index (χ4n) is 2.01. The maximum atomic E-state index is 11.9. The van der Waals surface area contributed by atoms with E-state index in [9.17, 15) is 4.79 Å². The molecule has 0 unspecified atom stereocenters. The first kappa shape index (κ1) is 14.9. The van der Waals surface area contributed by atoms with Gasteiger partial charge in [0.1, 0.15) is 19.3 Å². The van der Waals surface area contributed by atoms with Gasteiger partial charge in [-0.25, -0.2) is 0 Å². The molecule has 0 bridgehead atoms. The van der Waals surface area contributed by atoms with E-state index in [1.54, 1.807) is 32.1 Å². The molecular formula is C16H17NO4. The van der Waals surface area contributed by atoms with Crippen molar-refractivity contribution in [2.75, 3.05) is 20.3 Å². The van der Waals surface area contributed by atoms with Gasteiger partial charge in [0.2, 0.25) is 5.75 Å². The first-order valence-electron chi connectivity index (χ1n) is 6.70. The van der Waals surface area contributed by atoms with Gasteiger partial charge >= 0.3 is 0 Å². The molecule has 21 heavy (non-hydrogen) atoms. The average molecular weight is 287 g/mol. The lowest BCUT2D eigenvalue weighted by molar-refractivity contribution is -0.117. The lowest BCUT2D eigenvalue weighted by Gasteiger charge is -2.21. The van der Waals surface area contributed by atoms with E-state index in [1.807, 2.05) is 6.07 Å². The summed E-state index contributed by atoms with van der Waals surface area (Å²) < 4.78 is 16.3. The van der Waals surface area contributed by atoms with Crippen molar-refractivity contribution in [1.29, 1.82) is 5.26 Å². The number of carbonyl (C=O) groups excluding carboxylic acids is 1. The second kappa shape index (κ2) is 6.31. The zero-order valence-electron chi connectivity index (χ0n) is 12.3. The van der Waals surface area contributed by atoms with E-state index >= 15 is 0 Å². The van der Waals surface area contributed by atoms with Gasteiger partial charge in [-0.2, -0.15) is 5.26 Å². The summed E-state index contributed by atoms with van der Waals surface area (Å²) in [6.07, 6.45) is 1.54. The van der Waals surface area contributed by atoms with Crippen molar-refractivity contribution in [3.05, 3.63) is 23.3 Å². The van der Waals surface area contributed by atoms with Crippen molar-refractivity contribution in [3.63, 3.8) is 0 Å². The third-order valence-electron chi connectivity index (χ3n) is 3.07. The predicted molar refractivity (Wildman–Crippen MR) is 77.4 cm³/mol. The van der Waals surface area contributed by atoms with E-state index in [1.165, 1.54) is 7.11 Å². The van der Waals surface area contributed by atoms with E-state index < -0.39 is 0 Å². The molecule has 110 valence electrons. The van der Waals surface area contributed by atoms with Crippen molar-refractivity contribution in [3.8, 4) is 23.3 Å². The molecule has 0 atom stereocenters. The minimum atomic E-state index is -0.227. The lowest BCUT2D eigenvalue weighted by Crippen LogP contribution is -2.16. The number of nitriles is 1. The number of hydrogen-bond donors (Lipinski definition) is 0. The molecule has 0 saturated carbocycles. The minimum Gasteiger partial charge on any atom is -0.493 e. The van der Waals surface area contributed by atoms with Gasteiger partial charge in [0.15, 0.2) is 17.3 Å². The van der Waals surface area contributed by atoms with Crippen LogP contribution < -0.4 is 14.2 Å². The van der Waals surface area contributed by atoms with Gasteiger partial charge in [-0.1, -0.05) is 13.8 Å². The van der Waals surface area contributed by atoms with E-state index in [4.69, 9.17) is 19.5 Å². The zero-order valence-corrected chi connectivity index (χ0v) is 12.3. The number of benzene rings is 1. The van der Waals surface area contributed by atoms with Gasteiger partial charge < -0.3 is 14.2 Å².